The number of amides is 2. The fourth-order valence-electron chi connectivity index (χ4n) is 3.14. The van der Waals surface area contributed by atoms with Crippen molar-refractivity contribution < 1.29 is 14.4 Å². The Morgan fingerprint density at radius 2 is 1.64 bits per heavy atom. The Kier molecular flexibility index (Phi) is 6.51. The molecule has 0 saturated heterocycles. The Bertz CT molecular complexity index is 671. The Morgan fingerprint density at radius 3 is 2.20 bits per heavy atom. The zero-order valence-corrected chi connectivity index (χ0v) is 15.2. The zero-order valence-electron chi connectivity index (χ0n) is 15.2. The van der Waals surface area contributed by atoms with Gasteiger partial charge in [-0.25, -0.2) is 0 Å². The van der Waals surface area contributed by atoms with Gasteiger partial charge in [-0.15, -0.1) is 0 Å². The van der Waals surface area contributed by atoms with Crippen LogP contribution < -0.4 is 5.32 Å². The van der Waals surface area contributed by atoms with E-state index in [0.717, 1.165) is 25.7 Å². The van der Waals surface area contributed by atoms with Crippen molar-refractivity contribution >= 4 is 23.3 Å². The van der Waals surface area contributed by atoms with E-state index in [0.29, 0.717) is 16.8 Å². The summed E-state index contributed by atoms with van der Waals surface area (Å²) in [7, 11) is 1.81. The van der Waals surface area contributed by atoms with E-state index < -0.39 is 0 Å². The number of hydrogen-bond donors (Lipinski definition) is 1. The second kappa shape index (κ2) is 8.60. The summed E-state index contributed by atoms with van der Waals surface area (Å²) in [6.07, 6.45) is 6.94. The summed E-state index contributed by atoms with van der Waals surface area (Å²) in [5.74, 6) is -0.475. The fraction of sp³-hybridized carbons (Fsp3) is 0.450. The van der Waals surface area contributed by atoms with Crippen LogP contribution in [-0.4, -0.2) is 35.6 Å². The molecule has 1 aromatic rings. The third-order valence-electron chi connectivity index (χ3n) is 4.69. The van der Waals surface area contributed by atoms with Crippen LogP contribution in [0.1, 0.15) is 56.3 Å². The van der Waals surface area contributed by atoms with Gasteiger partial charge in [0.2, 0.25) is 11.8 Å². The lowest BCUT2D eigenvalue weighted by atomic mass is 9.94. The molecule has 1 saturated carbocycles. The van der Waals surface area contributed by atoms with Gasteiger partial charge in [-0.3, -0.25) is 14.4 Å². The molecule has 25 heavy (non-hydrogen) atoms. The minimum Gasteiger partial charge on any atom is -0.339 e. The molecular formula is C20H26N2O3. The highest BCUT2D eigenvalue weighted by Crippen LogP contribution is 2.22. The molecule has 0 aromatic heterocycles. The van der Waals surface area contributed by atoms with Crippen molar-refractivity contribution in [2.75, 3.05) is 12.4 Å². The predicted octanol–water partition coefficient (Wildman–Crippen LogP) is 3.57. The number of nitrogens with zero attached hydrogens (tertiary/aromatic N) is 1. The maximum absolute atomic E-state index is 12.5. The molecule has 1 aliphatic rings. The molecule has 134 valence electrons. The summed E-state index contributed by atoms with van der Waals surface area (Å²) in [5.41, 5.74) is 1.60. The van der Waals surface area contributed by atoms with E-state index in [9.17, 15) is 14.4 Å². The number of likely N-dealkylation sites (N-methyl/N-ethyl adjacent to an activating group) is 1. The Hall–Kier alpha value is -2.43. The molecule has 0 aliphatic heterocycles. The number of Topliss-reactive ketones (excluding diaryl/α,β-unsaturated/α-hetero) is 1. The summed E-state index contributed by atoms with van der Waals surface area (Å²) >= 11 is 0. The topological polar surface area (TPSA) is 66.5 Å². The van der Waals surface area contributed by atoms with Gasteiger partial charge in [0, 0.05) is 36.0 Å². The van der Waals surface area contributed by atoms with E-state index in [1.165, 1.54) is 19.4 Å². The highest BCUT2D eigenvalue weighted by Gasteiger charge is 2.23. The van der Waals surface area contributed by atoms with E-state index in [-0.39, 0.29) is 23.6 Å². The Labute approximate surface area is 149 Å². The summed E-state index contributed by atoms with van der Waals surface area (Å²) < 4.78 is 0. The molecule has 0 bridgehead atoms. The molecule has 0 unspecified atom stereocenters. The zero-order chi connectivity index (χ0) is 18.4. The average Bonchev–Trinajstić information content (AvgIpc) is 2.61. The molecule has 0 radical (unpaired) electrons. The minimum atomic E-state index is -0.349. The van der Waals surface area contributed by atoms with Crippen LogP contribution in [0.5, 0.6) is 0 Å². The van der Waals surface area contributed by atoms with Gasteiger partial charge in [0.15, 0.2) is 5.78 Å². The number of hydrogen-bond acceptors (Lipinski definition) is 3. The van der Waals surface area contributed by atoms with E-state index in [4.69, 9.17) is 0 Å². The first kappa shape index (κ1) is 18.9. The molecule has 5 heteroatoms. The third-order valence-corrected chi connectivity index (χ3v) is 4.69. The summed E-state index contributed by atoms with van der Waals surface area (Å²) in [6.45, 7) is 3.16. The van der Waals surface area contributed by atoms with Gasteiger partial charge in [0.05, 0.1) is 0 Å². The first-order valence-electron chi connectivity index (χ1n) is 8.76. The van der Waals surface area contributed by atoms with Crippen LogP contribution >= 0.6 is 0 Å². The maximum Gasteiger partial charge on any atom is 0.249 e. The van der Waals surface area contributed by atoms with Crippen molar-refractivity contribution in [3.05, 3.63) is 41.5 Å². The van der Waals surface area contributed by atoms with Gasteiger partial charge in [0.25, 0.3) is 0 Å². The standard InChI is InChI=1S/C20H26N2O3/c1-14(20(25)22(3)18-7-5-4-6-8-18)13-19(24)21-17-11-9-16(10-12-17)15(2)23/h9-13,18H,4-8H2,1-3H3,(H,21,24)/b14-13+. The number of anilines is 1. The lowest BCUT2D eigenvalue weighted by Crippen LogP contribution is -2.38. The highest BCUT2D eigenvalue weighted by molar-refractivity contribution is 6.06. The van der Waals surface area contributed by atoms with E-state index >= 15 is 0 Å². The summed E-state index contributed by atoms with van der Waals surface area (Å²) in [6, 6.07) is 6.95. The van der Waals surface area contributed by atoms with Crippen LogP contribution in [0.15, 0.2) is 35.9 Å². The SMILES string of the molecule is CC(=O)c1ccc(NC(=O)/C=C(\C)C(=O)N(C)C2CCCCC2)cc1. The molecule has 0 atom stereocenters. The van der Waals surface area contributed by atoms with Crippen LogP contribution in [0.4, 0.5) is 5.69 Å². The van der Waals surface area contributed by atoms with Crippen LogP contribution in [0.2, 0.25) is 0 Å². The van der Waals surface area contributed by atoms with Crippen molar-refractivity contribution in [1.29, 1.82) is 0 Å². The van der Waals surface area contributed by atoms with E-state index in [1.54, 1.807) is 36.1 Å². The molecule has 1 aromatic carbocycles. The highest BCUT2D eigenvalue weighted by atomic mass is 16.2. The molecular weight excluding hydrogens is 316 g/mol. The molecule has 2 rings (SSSR count). The lowest BCUT2D eigenvalue weighted by Gasteiger charge is -2.31. The van der Waals surface area contributed by atoms with Crippen molar-refractivity contribution in [3.8, 4) is 0 Å². The first-order valence-corrected chi connectivity index (χ1v) is 8.76. The Balaban J connectivity index is 1.96. The first-order chi connectivity index (χ1) is 11.9. The quantitative estimate of drug-likeness (QED) is 0.657. The van der Waals surface area contributed by atoms with E-state index in [2.05, 4.69) is 5.32 Å². The number of ketones is 1. The largest absolute Gasteiger partial charge is 0.339 e. The van der Waals surface area contributed by atoms with Crippen molar-refractivity contribution in [1.82, 2.24) is 4.90 Å². The number of rotatable bonds is 5. The lowest BCUT2D eigenvalue weighted by molar-refractivity contribution is -0.128. The smallest absolute Gasteiger partial charge is 0.249 e. The average molecular weight is 342 g/mol. The molecule has 5 nitrogen and oxygen atoms in total. The van der Waals surface area contributed by atoms with Gasteiger partial charge in [0.1, 0.15) is 0 Å². The van der Waals surface area contributed by atoms with Gasteiger partial charge in [-0.2, -0.15) is 0 Å². The van der Waals surface area contributed by atoms with Gasteiger partial charge >= 0.3 is 0 Å². The summed E-state index contributed by atoms with van der Waals surface area (Å²) in [4.78, 5) is 37.6. The summed E-state index contributed by atoms with van der Waals surface area (Å²) in [5, 5.41) is 2.71. The van der Waals surface area contributed by atoms with Crippen LogP contribution in [-0.2, 0) is 9.59 Å². The molecule has 0 spiro atoms. The van der Waals surface area contributed by atoms with Crippen LogP contribution in [0.25, 0.3) is 0 Å². The molecule has 2 amide bonds. The molecule has 1 fully saturated rings. The number of benzene rings is 1. The van der Waals surface area contributed by atoms with Crippen LogP contribution in [0, 0.1) is 0 Å². The second-order valence-corrected chi connectivity index (χ2v) is 6.66. The molecule has 1 aliphatic carbocycles. The number of carbonyl (C=O) groups excluding carboxylic acids is 3. The van der Waals surface area contributed by atoms with Crippen molar-refractivity contribution in [3.63, 3.8) is 0 Å². The second-order valence-electron chi connectivity index (χ2n) is 6.66. The Morgan fingerprint density at radius 1 is 1.04 bits per heavy atom. The predicted molar refractivity (Wildman–Crippen MR) is 98.5 cm³/mol. The van der Waals surface area contributed by atoms with Crippen LogP contribution in [0.3, 0.4) is 0 Å². The van der Waals surface area contributed by atoms with Crippen molar-refractivity contribution in [2.45, 2.75) is 52.0 Å². The number of nitrogens with one attached hydrogen (secondary N) is 1. The van der Waals surface area contributed by atoms with Crippen molar-refractivity contribution in [2.24, 2.45) is 0 Å². The van der Waals surface area contributed by atoms with Gasteiger partial charge < -0.3 is 10.2 Å². The minimum absolute atomic E-state index is 0.0232. The fourth-order valence-corrected chi connectivity index (χ4v) is 3.14. The van der Waals surface area contributed by atoms with Gasteiger partial charge in [-0.1, -0.05) is 19.3 Å². The molecule has 1 N–H and O–H groups in total. The third kappa shape index (κ3) is 5.28. The molecule has 0 heterocycles. The van der Waals surface area contributed by atoms with Gasteiger partial charge in [-0.05, 0) is 51.0 Å². The number of carbonyl (C=O) groups is 3. The van der Waals surface area contributed by atoms with E-state index in [1.807, 2.05) is 7.05 Å². The normalized spacial score (nSPS) is 15.6. The monoisotopic (exact) mass is 342 g/mol. The maximum atomic E-state index is 12.5.